The lowest BCUT2D eigenvalue weighted by atomic mass is 10.1. The topological polar surface area (TPSA) is 9.23 Å². The van der Waals surface area contributed by atoms with Crippen LogP contribution < -0.4 is 4.74 Å². The molecular weight excluding hydrogens is 234 g/mol. The van der Waals surface area contributed by atoms with Crippen molar-refractivity contribution in [1.82, 2.24) is 0 Å². The van der Waals surface area contributed by atoms with Gasteiger partial charge in [0, 0.05) is 5.39 Å². The average Bonchev–Trinajstić information content (AvgIpc) is 2.29. The summed E-state index contributed by atoms with van der Waals surface area (Å²) in [6.45, 7) is 0. The first kappa shape index (κ1) is 11.1. The van der Waals surface area contributed by atoms with Crippen LogP contribution in [0.15, 0.2) is 42.5 Å². The van der Waals surface area contributed by atoms with Gasteiger partial charge in [-0.2, -0.15) is 8.78 Å². The van der Waals surface area contributed by atoms with E-state index in [0.717, 1.165) is 5.39 Å². The van der Waals surface area contributed by atoms with Gasteiger partial charge < -0.3 is 4.74 Å². The van der Waals surface area contributed by atoms with Gasteiger partial charge in [-0.25, -0.2) is 0 Å². The van der Waals surface area contributed by atoms with Crippen LogP contribution in [0.3, 0.4) is 0 Å². The molecule has 0 atom stereocenters. The fraction of sp³-hybridized carbons (Fsp3) is 0.167. The Morgan fingerprint density at radius 2 is 1.75 bits per heavy atom. The lowest BCUT2D eigenvalue weighted by Crippen LogP contribution is -2.26. The number of alkyl halides is 3. The predicted molar refractivity (Wildman–Crippen MR) is 60.2 cm³/mol. The van der Waals surface area contributed by atoms with Crippen molar-refractivity contribution in [3.05, 3.63) is 42.5 Å². The largest absolute Gasteiger partial charge is 0.431 e. The molecule has 16 heavy (non-hydrogen) atoms. The minimum absolute atomic E-state index is 0.142. The van der Waals surface area contributed by atoms with E-state index in [1.165, 1.54) is 6.07 Å². The first-order chi connectivity index (χ1) is 7.62. The summed E-state index contributed by atoms with van der Waals surface area (Å²) in [7, 11) is 0. The van der Waals surface area contributed by atoms with Crippen molar-refractivity contribution in [2.45, 2.75) is 6.11 Å². The zero-order valence-electron chi connectivity index (χ0n) is 8.29. The Bertz CT molecular complexity index is 494. The number of halogens is 3. The molecule has 0 fully saturated rings. The van der Waals surface area contributed by atoms with Gasteiger partial charge in [0.15, 0.2) is 0 Å². The van der Waals surface area contributed by atoms with Gasteiger partial charge in [0.2, 0.25) is 0 Å². The quantitative estimate of drug-likeness (QED) is 0.738. The maximum atomic E-state index is 13.0. The molecule has 0 radical (unpaired) electrons. The molecule has 2 aromatic rings. The molecule has 4 heteroatoms. The SMILES string of the molecule is FC(F)(CCl)Oc1cccc2ccccc12. The Labute approximate surface area is 96.6 Å². The number of benzene rings is 2. The van der Waals surface area contributed by atoms with E-state index in [1.807, 2.05) is 18.2 Å². The van der Waals surface area contributed by atoms with Crippen molar-refractivity contribution in [3.8, 4) is 5.75 Å². The van der Waals surface area contributed by atoms with Gasteiger partial charge in [0.25, 0.3) is 0 Å². The number of ether oxygens (including phenoxy) is 1. The van der Waals surface area contributed by atoms with E-state index in [0.29, 0.717) is 5.39 Å². The van der Waals surface area contributed by atoms with E-state index in [9.17, 15) is 8.78 Å². The molecule has 0 unspecified atom stereocenters. The predicted octanol–water partition coefficient (Wildman–Crippen LogP) is 4.05. The fourth-order valence-corrected chi connectivity index (χ4v) is 1.53. The van der Waals surface area contributed by atoms with Crippen molar-refractivity contribution < 1.29 is 13.5 Å². The highest BCUT2D eigenvalue weighted by Crippen LogP contribution is 2.30. The minimum Gasteiger partial charge on any atom is -0.431 e. The number of hydrogen-bond donors (Lipinski definition) is 0. The molecule has 0 heterocycles. The molecule has 0 saturated heterocycles. The van der Waals surface area contributed by atoms with Crippen molar-refractivity contribution in [2.75, 3.05) is 5.88 Å². The Kier molecular flexibility index (Phi) is 2.97. The smallest absolute Gasteiger partial charge is 0.411 e. The normalized spacial score (nSPS) is 11.7. The Hall–Kier alpha value is -1.35. The first-order valence-corrected chi connectivity index (χ1v) is 5.26. The van der Waals surface area contributed by atoms with E-state index >= 15 is 0 Å². The Morgan fingerprint density at radius 1 is 1.06 bits per heavy atom. The zero-order chi connectivity index (χ0) is 11.6. The summed E-state index contributed by atoms with van der Waals surface area (Å²) < 4.78 is 30.6. The molecule has 0 bridgehead atoms. The maximum absolute atomic E-state index is 13.0. The van der Waals surface area contributed by atoms with Crippen LogP contribution in [0.4, 0.5) is 8.78 Å². The first-order valence-electron chi connectivity index (χ1n) is 4.73. The van der Waals surface area contributed by atoms with Crippen LogP contribution in [0.2, 0.25) is 0 Å². The fourth-order valence-electron chi connectivity index (χ4n) is 1.47. The van der Waals surface area contributed by atoms with E-state index in [-0.39, 0.29) is 5.75 Å². The van der Waals surface area contributed by atoms with Crippen LogP contribution >= 0.6 is 11.6 Å². The number of rotatable bonds is 3. The van der Waals surface area contributed by atoms with Crippen LogP contribution in [0.25, 0.3) is 10.8 Å². The summed E-state index contributed by atoms with van der Waals surface area (Å²) in [6, 6.07) is 12.2. The summed E-state index contributed by atoms with van der Waals surface area (Å²) in [5.41, 5.74) is 0. The third kappa shape index (κ3) is 2.25. The second kappa shape index (κ2) is 4.26. The number of fused-ring (bicyclic) bond motifs is 1. The van der Waals surface area contributed by atoms with Gasteiger partial charge in [-0.3, -0.25) is 0 Å². The molecule has 0 spiro atoms. The Morgan fingerprint density at radius 3 is 2.50 bits per heavy atom. The third-order valence-corrected chi connectivity index (χ3v) is 2.48. The summed E-state index contributed by atoms with van der Waals surface area (Å²) in [5.74, 6) is -0.722. The maximum Gasteiger partial charge on any atom is 0.411 e. The van der Waals surface area contributed by atoms with Crippen LogP contribution in [-0.2, 0) is 0 Å². The van der Waals surface area contributed by atoms with Crippen LogP contribution in [0.5, 0.6) is 5.75 Å². The van der Waals surface area contributed by atoms with Crippen molar-refractivity contribution in [2.24, 2.45) is 0 Å². The van der Waals surface area contributed by atoms with E-state index in [1.54, 1.807) is 18.2 Å². The van der Waals surface area contributed by atoms with Crippen LogP contribution in [-0.4, -0.2) is 12.0 Å². The molecule has 0 aliphatic carbocycles. The van der Waals surface area contributed by atoms with E-state index in [4.69, 9.17) is 11.6 Å². The highest BCUT2D eigenvalue weighted by molar-refractivity contribution is 6.18. The van der Waals surface area contributed by atoms with E-state index < -0.39 is 12.0 Å². The van der Waals surface area contributed by atoms with Gasteiger partial charge in [-0.05, 0) is 11.5 Å². The highest BCUT2D eigenvalue weighted by Gasteiger charge is 2.30. The van der Waals surface area contributed by atoms with E-state index in [2.05, 4.69) is 4.74 Å². The van der Waals surface area contributed by atoms with Gasteiger partial charge in [0.05, 0.1) is 0 Å². The number of hydrogen-bond acceptors (Lipinski definition) is 1. The lowest BCUT2D eigenvalue weighted by Gasteiger charge is -2.16. The van der Waals surface area contributed by atoms with Gasteiger partial charge >= 0.3 is 6.11 Å². The van der Waals surface area contributed by atoms with Gasteiger partial charge in [-0.15, -0.1) is 11.6 Å². The molecule has 0 saturated carbocycles. The second-order valence-electron chi connectivity index (χ2n) is 3.35. The van der Waals surface area contributed by atoms with Crippen molar-refractivity contribution in [3.63, 3.8) is 0 Å². The minimum atomic E-state index is -3.34. The summed E-state index contributed by atoms with van der Waals surface area (Å²) in [6.07, 6.45) is -3.34. The molecule has 0 aliphatic rings. The molecule has 0 N–H and O–H groups in total. The van der Waals surface area contributed by atoms with Gasteiger partial charge in [0.1, 0.15) is 11.6 Å². The molecule has 0 aromatic heterocycles. The van der Waals surface area contributed by atoms with Crippen LogP contribution in [0.1, 0.15) is 0 Å². The lowest BCUT2D eigenvalue weighted by molar-refractivity contribution is -0.154. The molecule has 0 amide bonds. The molecule has 2 rings (SSSR count). The van der Waals surface area contributed by atoms with Crippen molar-refractivity contribution >= 4 is 22.4 Å². The zero-order valence-corrected chi connectivity index (χ0v) is 9.05. The summed E-state index contributed by atoms with van der Waals surface area (Å²) in [4.78, 5) is 0. The average molecular weight is 243 g/mol. The second-order valence-corrected chi connectivity index (χ2v) is 3.62. The standard InChI is InChI=1S/C12H9ClF2O/c13-8-12(14,15)16-11-7-3-5-9-4-1-2-6-10(9)11/h1-7H,8H2. The molecule has 84 valence electrons. The molecule has 1 nitrogen and oxygen atoms in total. The highest BCUT2D eigenvalue weighted by atomic mass is 35.5. The van der Waals surface area contributed by atoms with Crippen LogP contribution in [0, 0.1) is 0 Å². The Balaban J connectivity index is 2.45. The third-order valence-electron chi connectivity index (χ3n) is 2.16. The van der Waals surface area contributed by atoms with Gasteiger partial charge in [-0.1, -0.05) is 36.4 Å². The summed E-state index contributed by atoms with van der Waals surface area (Å²) >= 11 is 5.12. The molecular formula is C12H9ClF2O. The molecule has 2 aromatic carbocycles. The summed E-state index contributed by atoms with van der Waals surface area (Å²) in [5, 5.41) is 1.50. The molecule has 0 aliphatic heterocycles. The monoisotopic (exact) mass is 242 g/mol. The van der Waals surface area contributed by atoms with Crippen molar-refractivity contribution in [1.29, 1.82) is 0 Å².